The number of hydrogen-bond acceptors (Lipinski definition) is 8. The fraction of sp³-hybridized carbons (Fsp3) is 0.367. The number of allylic oxidation sites excluding steroid dienone is 1. The Bertz CT molecular complexity index is 1410. The Labute approximate surface area is 247 Å². The maximum Gasteiger partial charge on any atom is 0.455 e. The number of hydrogen-bond donors (Lipinski definition) is 2. The minimum Gasteiger partial charge on any atom is -0.507 e. The summed E-state index contributed by atoms with van der Waals surface area (Å²) in [5.41, 5.74) is 3.34. The van der Waals surface area contributed by atoms with E-state index in [0.29, 0.717) is 29.1 Å². The molecule has 9 nitrogen and oxygen atoms in total. The van der Waals surface area contributed by atoms with Crippen LogP contribution in [0.1, 0.15) is 31.7 Å². The number of para-hydroxylation sites is 1. The van der Waals surface area contributed by atoms with Gasteiger partial charge in [-0.15, -0.1) is 0 Å². The van der Waals surface area contributed by atoms with Crippen LogP contribution in [0.15, 0.2) is 69.7 Å². The van der Waals surface area contributed by atoms with Crippen molar-refractivity contribution in [3.63, 3.8) is 0 Å². The number of carbonyl (C=O) groups is 3. The van der Waals surface area contributed by atoms with E-state index in [4.69, 9.17) is 14.1 Å². The monoisotopic (exact) mass is 623 g/mol. The molecular weight excluding hydrogens is 593 g/mol. The van der Waals surface area contributed by atoms with Crippen molar-refractivity contribution in [3.8, 4) is 11.5 Å². The second-order valence-electron chi connectivity index (χ2n) is 10.6. The van der Waals surface area contributed by atoms with Crippen LogP contribution >= 0.6 is 15.9 Å². The number of amides is 3. The molecule has 3 aliphatic rings. The van der Waals surface area contributed by atoms with Gasteiger partial charge in [0.2, 0.25) is 11.8 Å². The first-order chi connectivity index (χ1) is 19.7. The van der Waals surface area contributed by atoms with E-state index in [-0.39, 0.29) is 25.1 Å². The van der Waals surface area contributed by atoms with Gasteiger partial charge in [0, 0.05) is 10.0 Å². The number of ether oxygens (including phenoxy) is 2. The highest BCUT2D eigenvalue weighted by atomic mass is 79.9. The molecule has 0 unspecified atom stereocenters. The number of imide groups is 3. The maximum atomic E-state index is 13.4. The highest BCUT2D eigenvalue weighted by Gasteiger charge is 2.59. The lowest BCUT2D eigenvalue weighted by Gasteiger charge is -2.43. The molecule has 214 valence electrons. The summed E-state index contributed by atoms with van der Waals surface area (Å²) in [5.74, 6) is -2.42. The molecule has 5 rings (SSSR count). The number of halogens is 1. The van der Waals surface area contributed by atoms with E-state index in [0.717, 1.165) is 28.3 Å². The van der Waals surface area contributed by atoms with Gasteiger partial charge in [-0.2, -0.15) is 4.90 Å². The Morgan fingerprint density at radius 2 is 1.93 bits per heavy atom. The van der Waals surface area contributed by atoms with E-state index in [1.807, 2.05) is 49.4 Å². The highest BCUT2D eigenvalue weighted by Crippen LogP contribution is 2.50. The Balaban J connectivity index is 1.46. The predicted octanol–water partition coefficient (Wildman–Crippen LogP) is 4.98. The number of phenols is 1. The first-order valence-electron chi connectivity index (χ1n) is 13.5. The van der Waals surface area contributed by atoms with Crippen LogP contribution in [0, 0.1) is 17.8 Å². The van der Waals surface area contributed by atoms with Gasteiger partial charge in [0.15, 0.2) is 0 Å². The van der Waals surface area contributed by atoms with Crippen LogP contribution in [0.2, 0.25) is 6.32 Å². The number of rotatable bonds is 7. The summed E-state index contributed by atoms with van der Waals surface area (Å²) in [5, 5.41) is 21.0. The lowest BCUT2D eigenvalue weighted by Crippen LogP contribution is -2.46. The molecule has 2 aliphatic heterocycles. The van der Waals surface area contributed by atoms with Gasteiger partial charge in [-0.25, -0.2) is 4.79 Å². The molecule has 0 radical (unpaired) electrons. The zero-order chi connectivity index (χ0) is 29.3. The van der Waals surface area contributed by atoms with E-state index < -0.39 is 48.9 Å². The molecule has 2 N–H and O–H groups in total. The largest absolute Gasteiger partial charge is 0.507 e. The van der Waals surface area contributed by atoms with Crippen molar-refractivity contribution in [2.24, 2.45) is 17.8 Å². The predicted molar refractivity (Wildman–Crippen MR) is 155 cm³/mol. The van der Waals surface area contributed by atoms with E-state index in [1.54, 1.807) is 12.1 Å². The lowest BCUT2D eigenvalue weighted by molar-refractivity contribution is -0.137. The summed E-state index contributed by atoms with van der Waals surface area (Å²) < 4.78 is 17.7. The molecule has 41 heavy (non-hydrogen) atoms. The van der Waals surface area contributed by atoms with Gasteiger partial charge >= 0.3 is 13.2 Å². The maximum absolute atomic E-state index is 13.4. The van der Waals surface area contributed by atoms with Crippen molar-refractivity contribution in [2.45, 2.75) is 38.6 Å². The van der Waals surface area contributed by atoms with Crippen molar-refractivity contribution in [1.82, 2.24) is 4.90 Å². The summed E-state index contributed by atoms with van der Waals surface area (Å²) in [7, 11) is -0.0108. The first-order valence-corrected chi connectivity index (χ1v) is 14.3. The fourth-order valence-corrected chi connectivity index (χ4v) is 6.57. The number of likely N-dealkylation sites (tertiary alicyclic amines) is 1. The molecule has 0 spiro atoms. The highest BCUT2D eigenvalue weighted by molar-refractivity contribution is 9.10. The SMILES string of the molecule is COC(=O)N1C(=O)[C@@H]2[C@@H](CC(COc3ccccc3)=C3[C@@H](CC/C(C)=C/c4cc(Br)ccc4O)OB(O)C[C@@H]32)C1=O. The Kier molecular flexibility index (Phi) is 8.67. The smallest absolute Gasteiger partial charge is 0.455 e. The molecule has 1 aliphatic carbocycles. The molecule has 0 saturated carbocycles. The van der Waals surface area contributed by atoms with Crippen LogP contribution in [0.4, 0.5) is 4.79 Å². The number of aromatic hydroxyl groups is 1. The fourth-order valence-electron chi connectivity index (χ4n) is 6.19. The van der Waals surface area contributed by atoms with Crippen molar-refractivity contribution in [2.75, 3.05) is 13.7 Å². The number of nitrogens with zero attached hydrogens (tertiary/aromatic N) is 1. The topological polar surface area (TPSA) is 123 Å². The Morgan fingerprint density at radius 3 is 2.66 bits per heavy atom. The average molecular weight is 624 g/mol. The van der Waals surface area contributed by atoms with Crippen LogP contribution in [0.3, 0.4) is 0 Å². The minimum absolute atomic E-state index is 0.122. The molecule has 11 heteroatoms. The minimum atomic E-state index is -1.14. The molecule has 3 amide bonds. The average Bonchev–Trinajstić information content (AvgIpc) is 3.21. The van der Waals surface area contributed by atoms with Crippen LogP contribution in [-0.2, 0) is 19.0 Å². The van der Waals surface area contributed by atoms with Crippen LogP contribution < -0.4 is 4.74 Å². The second-order valence-corrected chi connectivity index (χ2v) is 11.5. The first kappa shape index (κ1) is 29.1. The van der Waals surface area contributed by atoms with Crippen molar-refractivity contribution in [3.05, 3.63) is 75.3 Å². The summed E-state index contributed by atoms with van der Waals surface area (Å²) in [6, 6.07) is 14.5. The number of methoxy groups -OCH3 is 1. The number of carbonyl (C=O) groups excluding carboxylic acids is 3. The quantitative estimate of drug-likeness (QED) is 0.252. The van der Waals surface area contributed by atoms with E-state index in [2.05, 4.69) is 15.9 Å². The zero-order valence-electron chi connectivity index (χ0n) is 22.8. The third-order valence-electron chi connectivity index (χ3n) is 8.01. The van der Waals surface area contributed by atoms with Gasteiger partial charge in [-0.05, 0) is 79.9 Å². The molecule has 0 aromatic heterocycles. The standard InChI is InChI=1S/C30H31BBrNO8/c1-17(12-18-13-20(32)9-10-24(18)34)8-11-25-26-19(16-40-21-6-4-3-5-7-21)14-22-27(23(26)15-31(38)41-25)29(36)33(28(22)35)30(37)39-2/h3-7,9-10,12-13,22-23,25,27,34,38H,8,11,14-16H2,1-2H3/b17-12+/t22-,23+,25-,27-/m1/s1. The van der Waals surface area contributed by atoms with Gasteiger partial charge in [0.25, 0.3) is 0 Å². The summed E-state index contributed by atoms with van der Waals surface area (Å²) in [4.78, 5) is 39.6. The molecule has 2 aromatic rings. The lowest BCUT2D eigenvalue weighted by atomic mass is 9.58. The third-order valence-corrected chi connectivity index (χ3v) is 8.51. The number of fused-ring (bicyclic) bond motifs is 3. The van der Waals surface area contributed by atoms with Gasteiger partial charge in [0.05, 0.1) is 25.0 Å². The molecule has 2 fully saturated rings. The molecule has 2 heterocycles. The van der Waals surface area contributed by atoms with Crippen molar-refractivity contribution >= 4 is 47.0 Å². The number of phenolic OH excluding ortho intramolecular Hbond substituents is 1. The second kappa shape index (κ2) is 12.2. The normalized spacial score (nSPS) is 24.3. The molecule has 0 bridgehead atoms. The molecule has 4 atom stereocenters. The van der Waals surface area contributed by atoms with Gasteiger partial charge in [-0.3, -0.25) is 9.59 Å². The van der Waals surface area contributed by atoms with Crippen LogP contribution in [-0.4, -0.2) is 59.9 Å². The summed E-state index contributed by atoms with van der Waals surface area (Å²) >= 11 is 3.43. The van der Waals surface area contributed by atoms with Gasteiger partial charge in [-0.1, -0.05) is 45.8 Å². The van der Waals surface area contributed by atoms with E-state index in [1.165, 1.54) is 0 Å². The van der Waals surface area contributed by atoms with Crippen LogP contribution in [0.25, 0.3) is 6.08 Å². The van der Waals surface area contributed by atoms with E-state index in [9.17, 15) is 24.5 Å². The van der Waals surface area contributed by atoms with Gasteiger partial charge < -0.3 is 24.3 Å². The summed E-state index contributed by atoms with van der Waals surface area (Å²) in [6.07, 6.45) is 1.80. The molecular formula is C30H31BBrNO8. The van der Waals surface area contributed by atoms with Crippen LogP contribution in [0.5, 0.6) is 11.5 Å². The van der Waals surface area contributed by atoms with Gasteiger partial charge in [0.1, 0.15) is 18.1 Å². The summed E-state index contributed by atoms with van der Waals surface area (Å²) in [6.45, 7) is 2.13. The molecule has 2 aromatic carbocycles. The van der Waals surface area contributed by atoms with E-state index >= 15 is 0 Å². The third kappa shape index (κ3) is 5.98. The molecule has 2 saturated heterocycles. The van der Waals surface area contributed by atoms with Crippen molar-refractivity contribution in [1.29, 1.82) is 0 Å². The Morgan fingerprint density at radius 1 is 1.17 bits per heavy atom. The zero-order valence-corrected chi connectivity index (χ0v) is 24.4. The number of benzene rings is 2. The Hall–Kier alpha value is -3.41. The van der Waals surface area contributed by atoms with Crippen molar-refractivity contribution < 1.29 is 38.6 Å².